The fraction of sp³-hybridized carbons (Fsp3) is 0.682. The molecule has 2 atom stereocenters. The van der Waals surface area contributed by atoms with Gasteiger partial charge in [-0.2, -0.15) is 0 Å². The van der Waals surface area contributed by atoms with Crippen molar-refractivity contribution < 1.29 is 14.3 Å². The average Bonchev–Trinajstić information content (AvgIpc) is 2.71. The Hall–Kier alpha value is -1.59. The van der Waals surface area contributed by atoms with Gasteiger partial charge in [-0.3, -0.25) is 9.69 Å². The number of hydrogen-bond donors (Lipinski definition) is 1. The second-order valence-corrected chi connectivity index (χ2v) is 8.20. The third-order valence-corrected chi connectivity index (χ3v) is 6.42. The summed E-state index contributed by atoms with van der Waals surface area (Å²) in [5, 5.41) is 3.28. The van der Waals surface area contributed by atoms with Crippen LogP contribution in [0.3, 0.4) is 0 Å². The Balaban J connectivity index is 1.42. The number of para-hydroxylation sites is 1. The van der Waals surface area contributed by atoms with Crippen LogP contribution in [0.2, 0.25) is 0 Å². The number of likely N-dealkylation sites (tertiary alicyclic amines) is 1. The lowest BCUT2D eigenvalue weighted by atomic mass is 9.85. The Morgan fingerprint density at radius 2 is 1.89 bits per heavy atom. The van der Waals surface area contributed by atoms with E-state index in [0.717, 1.165) is 57.7 Å². The molecule has 27 heavy (non-hydrogen) atoms. The number of benzene rings is 1. The SMILES string of the molecule is O=C1COc2ccccc2CCCC[C@H]2CN(C3CCOCC3)CC[C@H]2N1. The van der Waals surface area contributed by atoms with E-state index in [0.29, 0.717) is 12.0 Å². The van der Waals surface area contributed by atoms with Crippen LogP contribution in [-0.4, -0.2) is 55.8 Å². The summed E-state index contributed by atoms with van der Waals surface area (Å²) in [7, 11) is 0. The van der Waals surface area contributed by atoms with Crippen molar-refractivity contribution in [3.8, 4) is 5.75 Å². The van der Waals surface area contributed by atoms with E-state index in [1.54, 1.807) is 0 Å². The highest BCUT2D eigenvalue weighted by Gasteiger charge is 2.33. The van der Waals surface area contributed by atoms with Crippen LogP contribution in [-0.2, 0) is 16.0 Å². The third kappa shape index (κ3) is 4.82. The summed E-state index contributed by atoms with van der Waals surface area (Å²) in [6.45, 7) is 4.08. The molecule has 0 unspecified atom stereocenters. The summed E-state index contributed by atoms with van der Waals surface area (Å²) >= 11 is 0. The molecule has 148 valence electrons. The van der Waals surface area contributed by atoms with Crippen molar-refractivity contribution in [2.45, 2.75) is 57.0 Å². The first-order chi connectivity index (χ1) is 13.3. The number of hydrogen-bond acceptors (Lipinski definition) is 4. The lowest BCUT2D eigenvalue weighted by Crippen LogP contribution is -2.54. The average molecular weight is 373 g/mol. The van der Waals surface area contributed by atoms with Crippen molar-refractivity contribution in [1.29, 1.82) is 0 Å². The number of aryl methyl sites for hydroxylation is 1. The number of amides is 1. The quantitative estimate of drug-likeness (QED) is 0.824. The van der Waals surface area contributed by atoms with Crippen molar-refractivity contribution in [2.24, 2.45) is 5.92 Å². The molecule has 0 saturated carbocycles. The van der Waals surface area contributed by atoms with Crippen molar-refractivity contribution >= 4 is 5.91 Å². The standard InChI is InChI=1S/C22H32N2O3/c25-22-16-27-21-8-4-3-6-17(21)5-1-2-7-18-15-24(12-9-20(18)23-22)19-10-13-26-14-11-19/h3-4,6,8,18-20H,1-2,5,7,9-16H2,(H,23,25)/t18-,20+/m0/s1. The van der Waals surface area contributed by atoms with E-state index in [1.807, 2.05) is 12.1 Å². The maximum absolute atomic E-state index is 12.5. The maximum Gasteiger partial charge on any atom is 0.258 e. The molecule has 0 spiro atoms. The van der Waals surface area contributed by atoms with Crippen LogP contribution in [0.1, 0.15) is 44.1 Å². The van der Waals surface area contributed by atoms with Crippen LogP contribution in [0.15, 0.2) is 24.3 Å². The van der Waals surface area contributed by atoms with Crippen LogP contribution < -0.4 is 10.1 Å². The molecule has 0 aromatic heterocycles. The molecule has 3 aliphatic heterocycles. The predicted octanol–water partition coefficient (Wildman–Crippen LogP) is 2.78. The molecule has 1 aromatic carbocycles. The number of rotatable bonds is 1. The molecule has 1 amide bonds. The minimum Gasteiger partial charge on any atom is -0.483 e. The number of nitrogens with zero attached hydrogens (tertiary/aromatic N) is 1. The molecule has 5 heteroatoms. The van der Waals surface area contributed by atoms with Gasteiger partial charge in [-0.15, -0.1) is 0 Å². The molecule has 1 aromatic rings. The molecular formula is C22H32N2O3. The molecule has 4 rings (SSSR count). The third-order valence-electron chi connectivity index (χ3n) is 6.42. The summed E-state index contributed by atoms with van der Waals surface area (Å²) < 4.78 is 11.4. The number of carbonyl (C=O) groups is 1. The van der Waals surface area contributed by atoms with Crippen molar-refractivity contribution in [3.05, 3.63) is 29.8 Å². The fourth-order valence-corrected chi connectivity index (χ4v) is 4.89. The van der Waals surface area contributed by atoms with Gasteiger partial charge < -0.3 is 14.8 Å². The van der Waals surface area contributed by atoms with E-state index in [9.17, 15) is 4.79 Å². The normalized spacial score (nSPS) is 28.7. The molecule has 2 fully saturated rings. The molecule has 3 heterocycles. The second-order valence-electron chi connectivity index (χ2n) is 8.20. The van der Waals surface area contributed by atoms with E-state index in [-0.39, 0.29) is 18.6 Å². The highest BCUT2D eigenvalue weighted by molar-refractivity contribution is 5.78. The summed E-state index contributed by atoms with van der Waals surface area (Å²) in [5.74, 6) is 1.42. The molecule has 5 nitrogen and oxygen atoms in total. The molecular weight excluding hydrogens is 340 g/mol. The van der Waals surface area contributed by atoms with E-state index in [4.69, 9.17) is 9.47 Å². The van der Waals surface area contributed by atoms with E-state index < -0.39 is 0 Å². The summed E-state index contributed by atoms with van der Waals surface area (Å²) in [6, 6.07) is 9.07. The minimum absolute atomic E-state index is 0.0138. The van der Waals surface area contributed by atoms with Crippen LogP contribution in [0.4, 0.5) is 0 Å². The number of carbonyl (C=O) groups excluding carboxylic acids is 1. The zero-order valence-electron chi connectivity index (χ0n) is 16.2. The first-order valence-electron chi connectivity index (χ1n) is 10.6. The van der Waals surface area contributed by atoms with Gasteiger partial charge in [0.25, 0.3) is 5.91 Å². The van der Waals surface area contributed by atoms with Gasteiger partial charge in [0.1, 0.15) is 5.75 Å². The van der Waals surface area contributed by atoms with Crippen molar-refractivity contribution in [2.75, 3.05) is 32.9 Å². The molecule has 0 radical (unpaired) electrons. The summed E-state index contributed by atoms with van der Waals surface area (Å²) in [5.41, 5.74) is 1.22. The van der Waals surface area contributed by atoms with Gasteiger partial charge in [0.05, 0.1) is 0 Å². The molecule has 1 N–H and O–H groups in total. The van der Waals surface area contributed by atoms with E-state index >= 15 is 0 Å². The predicted molar refractivity (Wildman–Crippen MR) is 105 cm³/mol. The van der Waals surface area contributed by atoms with Gasteiger partial charge in [0.15, 0.2) is 6.61 Å². The molecule has 3 aliphatic rings. The minimum atomic E-state index is 0.0138. The Kier molecular flexibility index (Phi) is 6.30. The first kappa shape index (κ1) is 18.8. The van der Waals surface area contributed by atoms with Gasteiger partial charge in [0, 0.05) is 38.4 Å². The van der Waals surface area contributed by atoms with E-state index in [1.165, 1.54) is 24.8 Å². The fourth-order valence-electron chi connectivity index (χ4n) is 4.89. The summed E-state index contributed by atoms with van der Waals surface area (Å²) in [6.07, 6.45) is 7.93. The van der Waals surface area contributed by atoms with Crippen LogP contribution in [0.5, 0.6) is 5.75 Å². The van der Waals surface area contributed by atoms with Gasteiger partial charge >= 0.3 is 0 Å². The number of nitrogens with one attached hydrogen (secondary N) is 1. The molecule has 0 aliphatic carbocycles. The highest BCUT2D eigenvalue weighted by Crippen LogP contribution is 2.28. The van der Waals surface area contributed by atoms with Crippen LogP contribution >= 0.6 is 0 Å². The monoisotopic (exact) mass is 372 g/mol. The Bertz CT molecular complexity index is 630. The zero-order valence-corrected chi connectivity index (χ0v) is 16.2. The van der Waals surface area contributed by atoms with E-state index in [2.05, 4.69) is 22.3 Å². The number of piperidine rings is 1. The van der Waals surface area contributed by atoms with Crippen molar-refractivity contribution in [3.63, 3.8) is 0 Å². The highest BCUT2D eigenvalue weighted by atomic mass is 16.5. The second kappa shape index (κ2) is 9.07. The summed E-state index contributed by atoms with van der Waals surface area (Å²) in [4.78, 5) is 15.1. The number of ether oxygens (including phenoxy) is 2. The zero-order chi connectivity index (χ0) is 18.5. The van der Waals surface area contributed by atoms with Gasteiger partial charge in [-0.25, -0.2) is 0 Å². The Morgan fingerprint density at radius 1 is 1.04 bits per heavy atom. The van der Waals surface area contributed by atoms with Gasteiger partial charge in [0.2, 0.25) is 0 Å². The molecule has 2 saturated heterocycles. The van der Waals surface area contributed by atoms with Gasteiger partial charge in [-0.05, 0) is 56.1 Å². The van der Waals surface area contributed by atoms with Crippen LogP contribution in [0, 0.1) is 5.92 Å². The smallest absolute Gasteiger partial charge is 0.258 e. The maximum atomic E-state index is 12.5. The van der Waals surface area contributed by atoms with Crippen LogP contribution in [0.25, 0.3) is 0 Å². The topological polar surface area (TPSA) is 50.8 Å². The lowest BCUT2D eigenvalue weighted by Gasteiger charge is -2.43. The van der Waals surface area contributed by atoms with Gasteiger partial charge in [-0.1, -0.05) is 24.6 Å². The largest absolute Gasteiger partial charge is 0.483 e. The van der Waals surface area contributed by atoms with Crippen molar-refractivity contribution in [1.82, 2.24) is 10.2 Å². The Morgan fingerprint density at radius 3 is 2.78 bits per heavy atom. The first-order valence-corrected chi connectivity index (χ1v) is 10.6. The lowest BCUT2D eigenvalue weighted by molar-refractivity contribution is -0.124. The molecule has 0 bridgehead atoms. The Labute approximate surface area is 162 Å². The number of fused-ring (bicyclic) bond motifs is 2.